The van der Waals surface area contributed by atoms with Gasteiger partial charge in [-0.25, -0.2) is 4.68 Å². The maximum absolute atomic E-state index is 5.96. The summed E-state index contributed by atoms with van der Waals surface area (Å²) in [6.45, 7) is 5.92. The minimum atomic E-state index is 0.738. The highest BCUT2D eigenvalue weighted by Crippen LogP contribution is 2.19. The molecule has 0 saturated heterocycles. The van der Waals surface area contributed by atoms with Crippen molar-refractivity contribution in [2.45, 2.75) is 26.8 Å². The van der Waals surface area contributed by atoms with Gasteiger partial charge in [0.2, 0.25) is 0 Å². The van der Waals surface area contributed by atoms with Gasteiger partial charge in [-0.1, -0.05) is 23.7 Å². The summed E-state index contributed by atoms with van der Waals surface area (Å²) in [4.78, 5) is 0. The van der Waals surface area contributed by atoms with Crippen LogP contribution in [0.5, 0.6) is 0 Å². The van der Waals surface area contributed by atoms with Crippen molar-refractivity contribution in [1.82, 2.24) is 20.3 Å². The van der Waals surface area contributed by atoms with E-state index in [9.17, 15) is 0 Å². The Labute approximate surface area is 112 Å². The summed E-state index contributed by atoms with van der Waals surface area (Å²) in [7, 11) is 0. The zero-order valence-electron chi connectivity index (χ0n) is 10.7. The smallest absolute Gasteiger partial charge is 0.0783 e. The molecule has 2 rings (SSSR count). The van der Waals surface area contributed by atoms with Crippen LogP contribution < -0.4 is 5.32 Å². The van der Waals surface area contributed by atoms with Gasteiger partial charge in [0.25, 0.3) is 0 Å². The Bertz CT molecular complexity index is 521. The topological polar surface area (TPSA) is 42.7 Å². The third-order valence-corrected chi connectivity index (χ3v) is 2.97. The molecule has 0 bridgehead atoms. The Kier molecular flexibility index (Phi) is 4.33. The van der Waals surface area contributed by atoms with Gasteiger partial charge in [0, 0.05) is 11.6 Å². The fraction of sp³-hybridized carbons (Fsp3) is 0.385. The highest BCUT2D eigenvalue weighted by atomic mass is 35.5. The van der Waals surface area contributed by atoms with Crippen LogP contribution in [0.1, 0.15) is 24.6 Å². The summed E-state index contributed by atoms with van der Waals surface area (Å²) in [5.74, 6) is 0. The second-order valence-electron chi connectivity index (χ2n) is 4.24. The number of hydrogen-bond acceptors (Lipinski definition) is 3. The molecule has 18 heavy (non-hydrogen) atoms. The molecule has 0 aliphatic carbocycles. The van der Waals surface area contributed by atoms with E-state index >= 15 is 0 Å². The number of aromatic nitrogens is 3. The first kappa shape index (κ1) is 13.1. The van der Waals surface area contributed by atoms with Crippen LogP contribution in [0.3, 0.4) is 0 Å². The molecule has 1 N–H and O–H groups in total. The molecule has 0 unspecified atom stereocenters. The lowest BCUT2D eigenvalue weighted by Gasteiger charge is -2.09. The second kappa shape index (κ2) is 5.98. The first-order valence-corrected chi connectivity index (χ1v) is 6.47. The van der Waals surface area contributed by atoms with Crippen LogP contribution in [0.4, 0.5) is 0 Å². The van der Waals surface area contributed by atoms with E-state index in [2.05, 4.69) is 22.6 Å². The van der Waals surface area contributed by atoms with E-state index in [1.807, 2.05) is 29.8 Å². The lowest BCUT2D eigenvalue weighted by Crippen LogP contribution is -2.17. The van der Waals surface area contributed by atoms with Gasteiger partial charge in [0.1, 0.15) is 0 Å². The molecule has 5 heteroatoms. The SMILES string of the molecule is CCCNCc1cnnn1-c1ccc(Cl)cc1C. The van der Waals surface area contributed by atoms with Crippen LogP contribution in [0.25, 0.3) is 5.69 Å². The van der Waals surface area contributed by atoms with E-state index in [-0.39, 0.29) is 0 Å². The van der Waals surface area contributed by atoms with Crippen molar-refractivity contribution in [1.29, 1.82) is 0 Å². The van der Waals surface area contributed by atoms with Crippen LogP contribution >= 0.6 is 11.6 Å². The van der Waals surface area contributed by atoms with Crippen molar-refractivity contribution in [3.63, 3.8) is 0 Å². The number of hydrogen-bond donors (Lipinski definition) is 1. The third kappa shape index (κ3) is 2.89. The standard InChI is InChI=1S/C13H17ClN4/c1-3-6-15-8-12-9-16-17-18(12)13-5-4-11(14)7-10(13)2/h4-5,7,9,15H,3,6,8H2,1-2H3. The van der Waals surface area contributed by atoms with Gasteiger partial charge < -0.3 is 5.32 Å². The molecule has 2 aromatic rings. The predicted molar refractivity (Wildman–Crippen MR) is 73.1 cm³/mol. The first-order valence-electron chi connectivity index (χ1n) is 6.09. The lowest BCUT2D eigenvalue weighted by molar-refractivity contribution is 0.640. The van der Waals surface area contributed by atoms with Crippen molar-refractivity contribution in [3.8, 4) is 5.69 Å². The van der Waals surface area contributed by atoms with Gasteiger partial charge >= 0.3 is 0 Å². The molecule has 1 aromatic carbocycles. The van der Waals surface area contributed by atoms with E-state index in [1.165, 1.54) is 0 Å². The van der Waals surface area contributed by atoms with Gasteiger partial charge in [0.15, 0.2) is 0 Å². The van der Waals surface area contributed by atoms with Crippen molar-refractivity contribution in [2.75, 3.05) is 6.54 Å². The van der Waals surface area contributed by atoms with Crippen molar-refractivity contribution in [2.24, 2.45) is 0 Å². The van der Waals surface area contributed by atoms with Crippen molar-refractivity contribution >= 4 is 11.6 Å². The number of aryl methyl sites for hydroxylation is 1. The first-order chi connectivity index (χ1) is 8.72. The molecule has 96 valence electrons. The Balaban J connectivity index is 2.25. The average Bonchev–Trinajstić information content (AvgIpc) is 2.78. The molecule has 4 nitrogen and oxygen atoms in total. The zero-order chi connectivity index (χ0) is 13.0. The Morgan fingerprint density at radius 1 is 1.39 bits per heavy atom. The summed E-state index contributed by atoms with van der Waals surface area (Å²) in [5, 5.41) is 12.2. The van der Waals surface area contributed by atoms with Crippen molar-refractivity contribution < 1.29 is 0 Å². The summed E-state index contributed by atoms with van der Waals surface area (Å²) < 4.78 is 1.86. The summed E-state index contributed by atoms with van der Waals surface area (Å²) >= 11 is 5.96. The normalized spacial score (nSPS) is 10.8. The van der Waals surface area contributed by atoms with Crippen LogP contribution in [0.15, 0.2) is 24.4 Å². The van der Waals surface area contributed by atoms with Crippen molar-refractivity contribution in [3.05, 3.63) is 40.7 Å². The van der Waals surface area contributed by atoms with E-state index in [0.717, 1.165) is 41.5 Å². The summed E-state index contributed by atoms with van der Waals surface area (Å²) in [6.07, 6.45) is 2.90. The number of benzene rings is 1. The van der Waals surface area contributed by atoms with Gasteiger partial charge in [-0.3, -0.25) is 0 Å². The number of nitrogens with one attached hydrogen (secondary N) is 1. The van der Waals surface area contributed by atoms with E-state index < -0.39 is 0 Å². The van der Waals surface area contributed by atoms with E-state index in [1.54, 1.807) is 6.20 Å². The monoisotopic (exact) mass is 264 g/mol. The molecule has 0 aliphatic heterocycles. The maximum Gasteiger partial charge on any atom is 0.0783 e. The number of rotatable bonds is 5. The van der Waals surface area contributed by atoms with Gasteiger partial charge in [-0.05, 0) is 43.7 Å². The van der Waals surface area contributed by atoms with Gasteiger partial charge in [0.05, 0.1) is 17.6 Å². The molecule has 0 radical (unpaired) electrons. The largest absolute Gasteiger partial charge is 0.311 e. The van der Waals surface area contributed by atoms with Crippen LogP contribution in [-0.2, 0) is 6.54 Å². The molecule has 0 fully saturated rings. The van der Waals surface area contributed by atoms with E-state index in [0.29, 0.717) is 0 Å². The van der Waals surface area contributed by atoms with Crippen LogP contribution in [0.2, 0.25) is 5.02 Å². The molecular weight excluding hydrogens is 248 g/mol. The van der Waals surface area contributed by atoms with Crippen LogP contribution in [0, 0.1) is 6.92 Å². The molecule has 0 spiro atoms. The lowest BCUT2D eigenvalue weighted by atomic mass is 10.2. The highest BCUT2D eigenvalue weighted by Gasteiger charge is 2.08. The maximum atomic E-state index is 5.96. The fourth-order valence-electron chi connectivity index (χ4n) is 1.83. The number of nitrogens with zero attached hydrogens (tertiary/aromatic N) is 3. The summed E-state index contributed by atoms with van der Waals surface area (Å²) in [5.41, 5.74) is 3.16. The minimum absolute atomic E-state index is 0.738. The van der Waals surface area contributed by atoms with E-state index in [4.69, 9.17) is 11.6 Å². The Morgan fingerprint density at radius 3 is 2.94 bits per heavy atom. The van der Waals surface area contributed by atoms with Crippen LogP contribution in [-0.4, -0.2) is 21.5 Å². The molecule has 0 amide bonds. The van der Waals surface area contributed by atoms with Gasteiger partial charge in [-0.2, -0.15) is 0 Å². The average molecular weight is 265 g/mol. The molecule has 1 heterocycles. The molecule has 1 aromatic heterocycles. The highest BCUT2D eigenvalue weighted by molar-refractivity contribution is 6.30. The Hall–Kier alpha value is -1.39. The van der Waals surface area contributed by atoms with Gasteiger partial charge in [-0.15, -0.1) is 5.10 Å². The molecule has 0 aliphatic rings. The third-order valence-electron chi connectivity index (χ3n) is 2.74. The number of halogens is 1. The summed E-state index contributed by atoms with van der Waals surface area (Å²) in [6, 6.07) is 5.77. The molecule has 0 atom stereocenters. The zero-order valence-corrected chi connectivity index (χ0v) is 11.4. The predicted octanol–water partition coefficient (Wildman–Crippen LogP) is 2.73. The minimum Gasteiger partial charge on any atom is -0.311 e. The quantitative estimate of drug-likeness (QED) is 0.845. The fourth-order valence-corrected chi connectivity index (χ4v) is 2.06. The Morgan fingerprint density at radius 2 is 2.22 bits per heavy atom. The molecular formula is C13H17ClN4. The second-order valence-corrected chi connectivity index (χ2v) is 4.68. The molecule has 0 saturated carbocycles.